The van der Waals surface area contributed by atoms with E-state index in [0.29, 0.717) is 16.7 Å². The fraction of sp³-hybridized carbons (Fsp3) is 0.148. The van der Waals surface area contributed by atoms with Gasteiger partial charge in [0.1, 0.15) is 11.6 Å². The average Bonchev–Trinajstić information content (AvgIpc) is 3.35. The number of hydrogen-bond acceptors (Lipinski definition) is 7. The highest BCUT2D eigenvalue weighted by atomic mass is 35.5. The van der Waals surface area contributed by atoms with Crippen molar-refractivity contribution >= 4 is 23.2 Å². The van der Waals surface area contributed by atoms with E-state index in [4.69, 9.17) is 23.1 Å². The van der Waals surface area contributed by atoms with Gasteiger partial charge < -0.3 is 21.7 Å². The van der Waals surface area contributed by atoms with Crippen LogP contribution in [0.15, 0.2) is 91.4 Å². The Morgan fingerprint density at radius 1 is 1.14 bits per heavy atom. The first kappa shape index (κ1) is 23.6. The van der Waals surface area contributed by atoms with Crippen LogP contribution in [0.5, 0.6) is 0 Å². The van der Waals surface area contributed by atoms with E-state index in [-0.39, 0.29) is 6.04 Å². The topological polar surface area (TPSA) is 111 Å². The summed E-state index contributed by atoms with van der Waals surface area (Å²) < 4.78 is 1.75. The first-order valence-electron chi connectivity index (χ1n) is 11.5. The number of aryl methyl sites for hydroxylation is 1. The smallest absolute Gasteiger partial charge is 0.248 e. The van der Waals surface area contributed by atoms with Gasteiger partial charge in [-0.3, -0.25) is 0 Å². The van der Waals surface area contributed by atoms with Crippen molar-refractivity contribution < 1.29 is 0 Å². The summed E-state index contributed by atoms with van der Waals surface area (Å²) in [4.78, 5) is 1.84. The quantitative estimate of drug-likeness (QED) is 0.318. The van der Waals surface area contributed by atoms with Gasteiger partial charge in [0.05, 0.1) is 5.70 Å². The van der Waals surface area contributed by atoms with Crippen LogP contribution in [0.25, 0.3) is 0 Å². The molecular formula is C27H27ClN8. The molecule has 9 heteroatoms. The molecule has 1 aromatic heterocycles. The molecule has 0 bridgehead atoms. The molecular weight excluding hydrogens is 472 g/mol. The summed E-state index contributed by atoms with van der Waals surface area (Å²) >= 11 is 6.37. The second-order valence-corrected chi connectivity index (χ2v) is 9.29. The number of hydrogen-bond donors (Lipinski definition) is 3. The molecule has 5 rings (SSSR count). The maximum atomic E-state index is 7.31. The van der Waals surface area contributed by atoms with Gasteiger partial charge in [-0.05, 0) is 64.5 Å². The van der Waals surface area contributed by atoms with Gasteiger partial charge in [0, 0.05) is 29.5 Å². The molecule has 5 N–H and O–H groups in total. The van der Waals surface area contributed by atoms with Crippen molar-refractivity contribution in [3.05, 3.63) is 124 Å². The lowest BCUT2D eigenvalue weighted by Crippen LogP contribution is -2.45. The number of nitrogens with two attached hydrogens (primary N) is 2. The van der Waals surface area contributed by atoms with E-state index < -0.39 is 5.54 Å². The molecule has 0 saturated carbocycles. The monoisotopic (exact) mass is 498 g/mol. The van der Waals surface area contributed by atoms with Gasteiger partial charge in [-0.1, -0.05) is 71.3 Å². The highest BCUT2D eigenvalue weighted by Gasteiger charge is 2.38. The Hall–Kier alpha value is -4.14. The van der Waals surface area contributed by atoms with Crippen molar-refractivity contribution in [2.45, 2.75) is 18.5 Å². The molecule has 8 nitrogen and oxygen atoms in total. The van der Waals surface area contributed by atoms with Crippen LogP contribution in [-0.2, 0) is 5.54 Å². The highest BCUT2D eigenvalue weighted by molar-refractivity contribution is 6.30. The summed E-state index contributed by atoms with van der Waals surface area (Å²) in [6, 6.07) is 21.6. The third-order valence-electron chi connectivity index (χ3n) is 6.67. The van der Waals surface area contributed by atoms with Crippen molar-refractivity contribution in [3.63, 3.8) is 0 Å². The normalized spacial score (nSPS) is 16.3. The summed E-state index contributed by atoms with van der Waals surface area (Å²) in [6.45, 7) is 5.96. The van der Waals surface area contributed by atoms with Crippen molar-refractivity contribution in [1.82, 2.24) is 25.1 Å². The third kappa shape index (κ3) is 3.80. The molecule has 0 radical (unpaired) electrons. The molecule has 182 valence electrons. The van der Waals surface area contributed by atoms with Crippen LogP contribution < -0.4 is 16.8 Å². The fourth-order valence-electron chi connectivity index (χ4n) is 4.75. The molecule has 4 aromatic rings. The maximum absolute atomic E-state index is 7.31. The summed E-state index contributed by atoms with van der Waals surface area (Å²) in [6.07, 6.45) is 3.23. The third-order valence-corrected chi connectivity index (χ3v) is 6.91. The van der Waals surface area contributed by atoms with Gasteiger partial charge in [0.25, 0.3) is 0 Å². The standard InChI is InChI=1S/C27H27ClN8/c1-4-35(3)24(16-29)27(30,19-10-8-17(2)9-11-19)20-12-13-23-22(15-20)25(18-6-5-7-21(28)14-18)36-26(31-23)32-33-34-36/h4-16,25H,1,29-30H2,2-3H3,(H,31,32,34)/b24-16-. The van der Waals surface area contributed by atoms with Gasteiger partial charge >= 0.3 is 0 Å². The van der Waals surface area contributed by atoms with E-state index in [0.717, 1.165) is 33.5 Å². The van der Waals surface area contributed by atoms with Crippen LogP contribution in [-0.4, -0.2) is 32.2 Å². The van der Waals surface area contributed by atoms with Gasteiger partial charge in [0.15, 0.2) is 0 Å². The molecule has 1 aliphatic heterocycles. The number of fused-ring (bicyclic) bond motifs is 2. The second-order valence-electron chi connectivity index (χ2n) is 8.85. The number of tetrazole rings is 1. The predicted molar refractivity (Wildman–Crippen MR) is 143 cm³/mol. The Bertz CT molecular complexity index is 1460. The summed E-state index contributed by atoms with van der Waals surface area (Å²) in [5.41, 5.74) is 18.8. The average molecular weight is 499 g/mol. The van der Waals surface area contributed by atoms with Crippen molar-refractivity contribution in [3.8, 4) is 0 Å². The number of benzene rings is 3. The van der Waals surface area contributed by atoms with E-state index in [1.807, 2.05) is 79.5 Å². The SMILES string of the molecule is C=CN(C)/C(=C\N)C(N)(c1ccc(C)cc1)c1ccc2c(c1)C(c1cccc(Cl)c1)n1nnnc1N2. The van der Waals surface area contributed by atoms with E-state index in [1.165, 1.54) is 6.20 Å². The Morgan fingerprint density at radius 3 is 2.58 bits per heavy atom. The minimum atomic E-state index is -1.07. The largest absolute Gasteiger partial charge is 0.403 e. The first-order valence-corrected chi connectivity index (χ1v) is 11.8. The van der Waals surface area contributed by atoms with Gasteiger partial charge in [-0.25, -0.2) is 0 Å². The number of nitrogens with one attached hydrogen (secondary N) is 1. The lowest BCUT2D eigenvalue weighted by atomic mass is 9.78. The molecule has 0 aliphatic carbocycles. The summed E-state index contributed by atoms with van der Waals surface area (Å²) in [7, 11) is 1.88. The van der Waals surface area contributed by atoms with Crippen LogP contribution in [0.4, 0.5) is 11.6 Å². The number of rotatable bonds is 6. The number of halogens is 1. The Balaban J connectivity index is 1.74. The molecule has 0 amide bonds. The fourth-order valence-corrected chi connectivity index (χ4v) is 4.95. The molecule has 2 heterocycles. The van der Waals surface area contributed by atoms with Crippen LogP contribution in [0, 0.1) is 6.92 Å². The molecule has 36 heavy (non-hydrogen) atoms. The van der Waals surface area contributed by atoms with Crippen LogP contribution in [0.2, 0.25) is 5.02 Å². The van der Waals surface area contributed by atoms with E-state index >= 15 is 0 Å². The zero-order valence-corrected chi connectivity index (χ0v) is 20.8. The van der Waals surface area contributed by atoms with Gasteiger partial charge in [-0.2, -0.15) is 4.68 Å². The Labute approximate surface area is 214 Å². The molecule has 0 saturated heterocycles. The first-order chi connectivity index (χ1) is 17.4. The summed E-state index contributed by atoms with van der Waals surface area (Å²) in [5.74, 6) is 0.548. The number of nitrogens with zero attached hydrogens (tertiary/aromatic N) is 5. The zero-order valence-electron chi connectivity index (χ0n) is 20.1. The second kappa shape index (κ2) is 9.14. The number of anilines is 2. The van der Waals surface area contributed by atoms with Gasteiger partial charge in [0.2, 0.25) is 5.95 Å². The Morgan fingerprint density at radius 2 is 1.89 bits per heavy atom. The lowest BCUT2D eigenvalue weighted by molar-refractivity contribution is 0.445. The van der Waals surface area contributed by atoms with Gasteiger partial charge in [-0.15, -0.1) is 0 Å². The predicted octanol–water partition coefficient (Wildman–Crippen LogP) is 4.41. The number of likely N-dealkylation sites (N-methyl/N-ethyl adjacent to an activating group) is 1. The Kier molecular flexibility index (Phi) is 5.99. The van der Waals surface area contributed by atoms with Crippen LogP contribution in [0.3, 0.4) is 0 Å². The minimum Gasteiger partial charge on any atom is -0.403 e. The molecule has 3 aromatic carbocycles. The summed E-state index contributed by atoms with van der Waals surface area (Å²) in [5, 5.41) is 16.3. The maximum Gasteiger partial charge on any atom is 0.248 e. The minimum absolute atomic E-state index is 0.311. The van der Waals surface area contributed by atoms with Crippen LogP contribution in [0.1, 0.15) is 33.9 Å². The highest BCUT2D eigenvalue weighted by Crippen LogP contribution is 2.43. The zero-order chi connectivity index (χ0) is 25.4. The van der Waals surface area contributed by atoms with E-state index in [9.17, 15) is 0 Å². The van der Waals surface area contributed by atoms with Crippen LogP contribution >= 0.6 is 11.6 Å². The lowest BCUT2D eigenvalue weighted by Gasteiger charge is -2.38. The molecule has 1 aliphatic rings. The molecule has 0 spiro atoms. The van der Waals surface area contributed by atoms with Crippen molar-refractivity contribution in [2.75, 3.05) is 12.4 Å². The van der Waals surface area contributed by atoms with Crippen molar-refractivity contribution in [2.24, 2.45) is 11.5 Å². The number of aromatic nitrogens is 4. The van der Waals surface area contributed by atoms with Crippen molar-refractivity contribution in [1.29, 1.82) is 0 Å². The molecule has 2 atom stereocenters. The van der Waals surface area contributed by atoms with E-state index in [1.54, 1.807) is 10.9 Å². The molecule has 0 fully saturated rings. The molecule has 2 unspecified atom stereocenters. The van der Waals surface area contributed by atoms with E-state index in [2.05, 4.69) is 33.5 Å².